The number of thioether (sulfide) groups is 1. The van der Waals surface area contributed by atoms with E-state index in [2.05, 4.69) is 11.6 Å². The highest BCUT2D eigenvalue weighted by Gasteiger charge is 2.40. The van der Waals surface area contributed by atoms with Gasteiger partial charge in [-0.1, -0.05) is 0 Å². The molecule has 2 aliphatic heterocycles. The van der Waals surface area contributed by atoms with Crippen molar-refractivity contribution in [2.45, 2.75) is 25.4 Å². The second-order valence-electron chi connectivity index (χ2n) is 4.34. The van der Waals surface area contributed by atoms with Gasteiger partial charge in [0.1, 0.15) is 0 Å². The van der Waals surface area contributed by atoms with Crippen LogP contribution in [0.2, 0.25) is 0 Å². The Morgan fingerprint density at radius 3 is 2.92 bits per heavy atom. The molecular formula is C10H19NOS. The van der Waals surface area contributed by atoms with Crippen LogP contribution in [-0.4, -0.2) is 37.8 Å². The van der Waals surface area contributed by atoms with Crippen LogP contribution in [-0.2, 0) is 4.74 Å². The number of hydrogen-bond acceptors (Lipinski definition) is 3. The van der Waals surface area contributed by atoms with E-state index in [1.807, 2.05) is 11.8 Å². The van der Waals surface area contributed by atoms with Crippen LogP contribution in [0.1, 0.15) is 19.3 Å². The first-order valence-corrected chi connectivity index (χ1v) is 6.55. The van der Waals surface area contributed by atoms with Crippen LogP contribution < -0.4 is 5.32 Å². The van der Waals surface area contributed by atoms with E-state index < -0.39 is 0 Å². The molecule has 76 valence electrons. The Labute approximate surface area is 84.8 Å². The summed E-state index contributed by atoms with van der Waals surface area (Å²) in [6.45, 7) is 3.39. The average Bonchev–Trinajstić information content (AvgIpc) is 2.51. The van der Waals surface area contributed by atoms with Crippen LogP contribution in [0.25, 0.3) is 0 Å². The molecule has 0 bridgehead atoms. The van der Waals surface area contributed by atoms with Gasteiger partial charge in [0, 0.05) is 5.75 Å². The van der Waals surface area contributed by atoms with Crippen molar-refractivity contribution >= 4 is 11.8 Å². The first kappa shape index (κ1) is 9.81. The largest absolute Gasteiger partial charge is 0.377 e. The number of rotatable bonds is 2. The normalized spacial score (nSPS) is 32.5. The van der Waals surface area contributed by atoms with E-state index >= 15 is 0 Å². The quantitative estimate of drug-likeness (QED) is 0.732. The summed E-state index contributed by atoms with van der Waals surface area (Å²) in [4.78, 5) is 0. The Morgan fingerprint density at radius 1 is 1.46 bits per heavy atom. The monoisotopic (exact) mass is 201 g/mol. The molecule has 0 unspecified atom stereocenters. The summed E-state index contributed by atoms with van der Waals surface area (Å²) in [7, 11) is 0. The zero-order chi connectivity index (χ0) is 9.15. The van der Waals surface area contributed by atoms with Gasteiger partial charge in [0.2, 0.25) is 0 Å². The van der Waals surface area contributed by atoms with E-state index in [-0.39, 0.29) is 0 Å². The molecule has 0 saturated carbocycles. The first-order valence-electron chi connectivity index (χ1n) is 5.16. The van der Waals surface area contributed by atoms with Crippen LogP contribution in [0.15, 0.2) is 0 Å². The number of ether oxygens (including phenoxy) is 1. The first-order chi connectivity index (χ1) is 6.35. The van der Waals surface area contributed by atoms with Gasteiger partial charge in [0.15, 0.2) is 0 Å². The van der Waals surface area contributed by atoms with E-state index in [1.54, 1.807) is 0 Å². The highest BCUT2D eigenvalue weighted by atomic mass is 32.2. The Hall–Kier alpha value is 0.270. The van der Waals surface area contributed by atoms with Crippen molar-refractivity contribution in [3.8, 4) is 0 Å². The van der Waals surface area contributed by atoms with Crippen molar-refractivity contribution in [3.05, 3.63) is 0 Å². The molecule has 0 radical (unpaired) electrons. The van der Waals surface area contributed by atoms with Gasteiger partial charge >= 0.3 is 0 Å². The maximum Gasteiger partial charge on any atom is 0.0671 e. The molecule has 1 N–H and O–H groups in total. The van der Waals surface area contributed by atoms with Crippen LogP contribution in [0.3, 0.4) is 0 Å². The Bertz CT molecular complexity index is 168. The lowest BCUT2D eigenvalue weighted by molar-refractivity contribution is 0.0972. The fraction of sp³-hybridized carbons (Fsp3) is 1.00. The second kappa shape index (κ2) is 4.20. The lowest BCUT2D eigenvalue weighted by Crippen LogP contribution is -2.37. The standard InChI is InChI=1S/C10H19NOS/c1-13-7-9-6-10(8-12-9)2-4-11-5-3-10/h9,11H,2-8H2,1H3/t9-/m0/s1. The lowest BCUT2D eigenvalue weighted by atomic mass is 9.77. The number of hydrogen-bond donors (Lipinski definition) is 1. The van der Waals surface area contributed by atoms with Gasteiger partial charge in [-0.2, -0.15) is 11.8 Å². The van der Waals surface area contributed by atoms with Crippen molar-refractivity contribution < 1.29 is 4.74 Å². The molecule has 2 saturated heterocycles. The van der Waals surface area contributed by atoms with Gasteiger partial charge in [-0.3, -0.25) is 0 Å². The van der Waals surface area contributed by atoms with Gasteiger partial charge in [-0.15, -0.1) is 0 Å². The van der Waals surface area contributed by atoms with E-state index in [4.69, 9.17) is 4.74 Å². The molecule has 2 heterocycles. The van der Waals surface area contributed by atoms with Crippen LogP contribution in [0, 0.1) is 5.41 Å². The van der Waals surface area contributed by atoms with E-state index in [1.165, 1.54) is 38.1 Å². The molecular weight excluding hydrogens is 182 g/mol. The third-order valence-electron chi connectivity index (χ3n) is 3.30. The summed E-state index contributed by atoms with van der Waals surface area (Å²) in [6, 6.07) is 0. The maximum atomic E-state index is 5.84. The van der Waals surface area contributed by atoms with Crippen molar-refractivity contribution in [1.82, 2.24) is 5.32 Å². The summed E-state index contributed by atoms with van der Waals surface area (Å²) in [5.41, 5.74) is 0.547. The third-order valence-corrected chi connectivity index (χ3v) is 4.01. The number of piperidine rings is 1. The molecule has 2 aliphatic rings. The zero-order valence-corrected chi connectivity index (χ0v) is 9.16. The third kappa shape index (κ3) is 2.20. The molecule has 13 heavy (non-hydrogen) atoms. The molecule has 0 aromatic carbocycles. The fourth-order valence-corrected chi connectivity index (χ4v) is 3.08. The van der Waals surface area contributed by atoms with E-state index in [0.717, 1.165) is 6.61 Å². The maximum absolute atomic E-state index is 5.84. The predicted octanol–water partition coefficient (Wildman–Crippen LogP) is 1.51. The van der Waals surface area contributed by atoms with Crippen molar-refractivity contribution in [2.75, 3.05) is 31.7 Å². The molecule has 1 atom stereocenters. The molecule has 0 aromatic heterocycles. The SMILES string of the molecule is CSC[C@@H]1CC2(CCNCC2)CO1. The van der Waals surface area contributed by atoms with Gasteiger partial charge < -0.3 is 10.1 Å². The Balaban J connectivity index is 1.87. The molecule has 1 spiro atoms. The van der Waals surface area contributed by atoms with Gasteiger partial charge in [-0.05, 0) is 44.0 Å². The predicted molar refractivity (Wildman–Crippen MR) is 57.3 cm³/mol. The molecule has 2 fully saturated rings. The average molecular weight is 201 g/mol. The van der Waals surface area contributed by atoms with Crippen LogP contribution in [0.4, 0.5) is 0 Å². The fourth-order valence-electron chi connectivity index (χ4n) is 2.49. The lowest BCUT2D eigenvalue weighted by Gasteiger charge is -2.32. The summed E-state index contributed by atoms with van der Waals surface area (Å²) in [6.07, 6.45) is 6.63. The summed E-state index contributed by atoms with van der Waals surface area (Å²) in [5, 5.41) is 3.42. The van der Waals surface area contributed by atoms with Crippen LogP contribution in [0.5, 0.6) is 0 Å². The topological polar surface area (TPSA) is 21.3 Å². The highest BCUT2D eigenvalue weighted by Crippen LogP contribution is 2.40. The highest BCUT2D eigenvalue weighted by molar-refractivity contribution is 7.98. The minimum atomic E-state index is 0.535. The zero-order valence-electron chi connectivity index (χ0n) is 8.34. The molecule has 0 aromatic rings. The van der Waals surface area contributed by atoms with Gasteiger partial charge in [0.05, 0.1) is 12.7 Å². The summed E-state index contributed by atoms with van der Waals surface area (Å²) < 4.78 is 5.84. The smallest absolute Gasteiger partial charge is 0.0671 e. The summed E-state index contributed by atoms with van der Waals surface area (Å²) in [5.74, 6) is 1.18. The van der Waals surface area contributed by atoms with Crippen LogP contribution >= 0.6 is 11.8 Å². The Kier molecular flexibility index (Phi) is 3.17. The van der Waals surface area contributed by atoms with Gasteiger partial charge in [0.25, 0.3) is 0 Å². The molecule has 0 aliphatic carbocycles. The minimum Gasteiger partial charge on any atom is -0.377 e. The van der Waals surface area contributed by atoms with E-state index in [0.29, 0.717) is 11.5 Å². The minimum absolute atomic E-state index is 0.535. The molecule has 0 amide bonds. The number of nitrogens with one attached hydrogen (secondary N) is 1. The van der Waals surface area contributed by atoms with Gasteiger partial charge in [-0.25, -0.2) is 0 Å². The van der Waals surface area contributed by atoms with Crippen molar-refractivity contribution in [1.29, 1.82) is 0 Å². The second-order valence-corrected chi connectivity index (χ2v) is 5.25. The van der Waals surface area contributed by atoms with E-state index in [9.17, 15) is 0 Å². The summed E-state index contributed by atoms with van der Waals surface area (Å²) >= 11 is 1.91. The van der Waals surface area contributed by atoms with Crippen molar-refractivity contribution in [3.63, 3.8) is 0 Å². The van der Waals surface area contributed by atoms with Crippen molar-refractivity contribution in [2.24, 2.45) is 5.41 Å². The molecule has 2 rings (SSSR count). The molecule has 2 nitrogen and oxygen atoms in total. The molecule has 3 heteroatoms. The Morgan fingerprint density at radius 2 is 2.23 bits per heavy atom.